The third-order valence-electron chi connectivity index (χ3n) is 4.87. The highest BCUT2D eigenvalue weighted by Gasteiger charge is 2.20. The summed E-state index contributed by atoms with van der Waals surface area (Å²) < 4.78 is 1.83. The minimum absolute atomic E-state index is 0.107. The third kappa shape index (κ3) is 4.81. The normalized spacial score (nSPS) is 11.8. The summed E-state index contributed by atoms with van der Waals surface area (Å²) in [6, 6.07) is 23.5. The first-order valence-corrected chi connectivity index (χ1v) is 11.1. The highest BCUT2D eigenvalue weighted by Crippen LogP contribution is 2.30. The number of aromatic nitrogens is 3. The first-order valence-electron chi connectivity index (χ1n) is 9.81. The van der Waals surface area contributed by atoms with Gasteiger partial charge in [0.25, 0.3) is 0 Å². The molecular formula is C24H21ClN4OS. The van der Waals surface area contributed by atoms with Crippen molar-refractivity contribution in [2.24, 2.45) is 0 Å². The summed E-state index contributed by atoms with van der Waals surface area (Å²) in [7, 11) is 0. The van der Waals surface area contributed by atoms with E-state index in [2.05, 4.69) is 15.5 Å². The highest BCUT2D eigenvalue weighted by atomic mass is 35.5. The molecular weight excluding hydrogens is 428 g/mol. The van der Waals surface area contributed by atoms with Gasteiger partial charge in [-0.25, -0.2) is 0 Å². The van der Waals surface area contributed by atoms with E-state index in [1.54, 1.807) is 6.33 Å². The standard InChI is InChI=1S/C24H21ClN4OS/c1-16-12-13-19(14-21(16)25)29-15-26-28-24(29)31-17(2)23(30)27-22-11-7-6-10-20(22)18-8-4-3-5-9-18/h3-15,17H,1-2H3,(H,27,30). The Bertz CT molecular complexity index is 1210. The number of aryl methyl sites for hydroxylation is 1. The van der Waals surface area contributed by atoms with E-state index in [1.807, 2.05) is 91.2 Å². The van der Waals surface area contributed by atoms with Crippen LogP contribution >= 0.6 is 23.4 Å². The summed E-state index contributed by atoms with van der Waals surface area (Å²) in [4.78, 5) is 13.0. The van der Waals surface area contributed by atoms with Crippen molar-refractivity contribution in [2.45, 2.75) is 24.3 Å². The van der Waals surface area contributed by atoms with Gasteiger partial charge in [0.2, 0.25) is 5.91 Å². The number of anilines is 1. The van der Waals surface area contributed by atoms with Crippen LogP contribution in [0.5, 0.6) is 0 Å². The number of carbonyl (C=O) groups is 1. The van der Waals surface area contributed by atoms with E-state index in [1.165, 1.54) is 11.8 Å². The molecule has 0 bridgehead atoms. The number of hydrogen-bond donors (Lipinski definition) is 1. The number of nitrogens with one attached hydrogen (secondary N) is 1. The molecule has 0 fully saturated rings. The van der Waals surface area contributed by atoms with Gasteiger partial charge in [-0.1, -0.05) is 78.0 Å². The molecule has 0 aliphatic carbocycles. The molecule has 1 N–H and O–H groups in total. The van der Waals surface area contributed by atoms with Gasteiger partial charge >= 0.3 is 0 Å². The van der Waals surface area contributed by atoms with Gasteiger partial charge < -0.3 is 5.32 Å². The molecule has 1 atom stereocenters. The van der Waals surface area contributed by atoms with Gasteiger partial charge in [-0.3, -0.25) is 9.36 Å². The van der Waals surface area contributed by atoms with Crippen molar-refractivity contribution in [3.8, 4) is 16.8 Å². The molecule has 0 saturated carbocycles. The Balaban J connectivity index is 1.51. The van der Waals surface area contributed by atoms with Gasteiger partial charge in [-0.05, 0) is 43.2 Å². The molecule has 31 heavy (non-hydrogen) atoms. The van der Waals surface area contributed by atoms with Gasteiger partial charge in [-0.15, -0.1) is 10.2 Å². The molecule has 7 heteroatoms. The van der Waals surface area contributed by atoms with E-state index in [9.17, 15) is 4.79 Å². The Morgan fingerprint density at radius 1 is 1.06 bits per heavy atom. The Kier molecular flexibility index (Phi) is 6.39. The van der Waals surface area contributed by atoms with Crippen LogP contribution in [0.1, 0.15) is 12.5 Å². The first kappa shape index (κ1) is 21.2. The number of carbonyl (C=O) groups excluding carboxylic acids is 1. The van der Waals surface area contributed by atoms with Crippen LogP contribution < -0.4 is 5.32 Å². The van der Waals surface area contributed by atoms with Crippen molar-refractivity contribution in [2.75, 3.05) is 5.32 Å². The van der Waals surface area contributed by atoms with Crippen LogP contribution in [0.25, 0.3) is 16.8 Å². The fourth-order valence-corrected chi connectivity index (χ4v) is 4.14. The number of hydrogen-bond acceptors (Lipinski definition) is 4. The van der Waals surface area contributed by atoms with Crippen molar-refractivity contribution >= 4 is 35.0 Å². The summed E-state index contributed by atoms with van der Waals surface area (Å²) >= 11 is 7.61. The van der Waals surface area contributed by atoms with Gasteiger partial charge in [0.05, 0.1) is 10.9 Å². The molecule has 156 valence electrons. The number of halogens is 1. The number of benzene rings is 3. The van der Waals surface area contributed by atoms with Crippen molar-refractivity contribution in [3.63, 3.8) is 0 Å². The Morgan fingerprint density at radius 2 is 1.81 bits per heavy atom. The minimum Gasteiger partial charge on any atom is -0.325 e. The van der Waals surface area contributed by atoms with Crippen molar-refractivity contribution in [3.05, 3.63) is 89.7 Å². The van der Waals surface area contributed by atoms with E-state index < -0.39 is 0 Å². The number of para-hydroxylation sites is 1. The Morgan fingerprint density at radius 3 is 2.58 bits per heavy atom. The van der Waals surface area contributed by atoms with Gasteiger partial charge in [-0.2, -0.15) is 0 Å². The largest absolute Gasteiger partial charge is 0.325 e. The number of rotatable bonds is 6. The van der Waals surface area contributed by atoms with Gasteiger partial charge in [0, 0.05) is 16.3 Å². The molecule has 5 nitrogen and oxygen atoms in total. The molecule has 0 aliphatic rings. The summed E-state index contributed by atoms with van der Waals surface area (Å²) in [5.41, 5.74) is 4.65. The van der Waals surface area contributed by atoms with Crippen molar-refractivity contribution < 1.29 is 4.79 Å². The molecule has 3 aromatic carbocycles. The van der Waals surface area contributed by atoms with Crippen molar-refractivity contribution in [1.29, 1.82) is 0 Å². The number of thioether (sulfide) groups is 1. The summed E-state index contributed by atoms with van der Waals surface area (Å²) in [6.45, 7) is 3.81. The molecule has 4 rings (SSSR count). The lowest BCUT2D eigenvalue weighted by molar-refractivity contribution is -0.115. The second kappa shape index (κ2) is 9.37. The SMILES string of the molecule is Cc1ccc(-n2cnnc2SC(C)C(=O)Nc2ccccc2-c2ccccc2)cc1Cl. The monoisotopic (exact) mass is 448 g/mol. The van der Waals surface area contributed by atoms with E-state index in [0.29, 0.717) is 10.2 Å². The lowest BCUT2D eigenvalue weighted by Crippen LogP contribution is -2.23. The maximum absolute atomic E-state index is 13.0. The van der Waals surface area contributed by atoms with E-state index in [0.717, 1.165) is 28.1 Å². The predicted octanol–water partition coefficient (Wildman–Crippen LogP) is 6.02. The summed E-state index contributed by atoms with van der Waals surface area (Å²) in [6.07, 6.45) is 1.62. The molecule has 0 aliphatic heterocycles. The van der Waals surface area contributed by atoms with Gasteiger partial charge in [0.15, 0.2) is 5.16 Å². The van der Waals surface area contributed by atoms with Crippen LogP contribution in [-0.2, 0) is 4.79 Å². The number of nitrogens with zero attached hydrogens (tertiary/aromatic N) is 3. The first-order chi connectivity index (χ1) is 15.0. The molecule has 4 aromatic rings. The predicted molar refractivity (Wildman–Crippen MR) is 127 cm³/mol. The molecule has 1 heterocycles. The molecule has 0 radical (unpaired) electrons. The Labute approximate surface area is 190 Å². The average molecular weight is 449 g/mol. The second-order valence-corrected chi connectivity index (χ2v) is 8.79. The van der Waals surface area contributed by atoms with Crippen LogP contribution in [-0.4, -0.2) is 25.9 Å². The van der Waals surface area contributed by atoms with Gasteiger partial charge in [0.1, 0.15) is 6.33 Å². The van der Waals surface area contributed by atoms with Crippen LogP contribution in [0.15, 0.2) is 84.3 Å². The van der Waals surface area contributed by atoms with E-state index >= 15 is 0 Å². The van der Waals surface area contributed by atoms with Crippen LogP contribution in [0.2, 0.25) is 5.02 Å². The van der Waals surface area contributed by atoms with E-state index in [4.69, 9.17) is 11.6 Å². The smallest absolute Gasteiger partial charge is 0.237 e. The molecule has 0 saturated heterocycles. The Hall–Kier alpha value is -3.09. The zero-order valence-electron chi connectivity index (χ0n) is 17.1. The zero-order valence-corrected chi connectivity index (χ0v) is 18.7. The molecule has 1 amide bonds. The van der Waals surface area contributed by atoms with E-state index in [-0.39, 0.29) is 11.2 Å². The highest BCUT2D eigenvalue weighted by molar-refractivity contribution is 8.00. The lowest BCUT2D eigenvalue weighted by atomic mass is 10.0. The zero-order chi connectivity index (χ0) is 21.8. The summed E-state index contributed by atoms with van der Waals surface area (Å²) in [5, 5.41) is 12.2. The van der Waals surface area contributed by atoms with Crippen LogP contribution in [0, 0.1) is 6.92 Å². The maximum Gasteiger partial charge on any atom is 0.237 e. The molecule has 1 aromatic heterocycles. The quantitative estimate of drug-likeness (QED) is 0.366. The topological polar surface area (TPSA) is 59.8 Å². The van der Waals surface area contributed by atoms with Crippen LogP contribution in [0.4, 0.5) is 5.69 Å². The maximum atomic E-state index is 13.0. The third-order valence-corrected chi connectivity index (χ3v) is 6.34. The lowest BCUT2D eigenvalue weighted by Gasteiger charge is -2.15. The molecule has 1 unspecified atom stereocenters. The van der Waals surface area contributed by atoms with Crippen molar-refractivity contribution in [1.82, 2.24) is 14.8 Å². The molecule has 0 spiro atoms. The average Bonchev–Trinajstić information content (AvgIpc) is 3.24. The summed E-state index contributed by atoms with van der Waals surface area (Å²) in [5.74, 6) is -0.107. The van der Waals surface area contributed by atoms with Crippen LogP contribution in [0.3, 0.4) is 0 Å². The minimum atomic E-state index is -0.382. The fourth-order valence-electron chi connectivity index (χ4n) is 3.12. The second-order valence-electron chi connectivity index (χ2n) is 7.08. The fraction of sp³-hybridized carbons (Fsp3) is 0.125. The number of amides is 1.